The van der Waals surface area contributed by atoms with E-state index in [0.717, 1.165) is 22.3 Å². The number of alkyl halides is 3. The molecule has 194 valence electrons. The van der Waals surface area contributed by atoms with Crippen LogP contribution in [0.3, 0.4) is 0 Å². The molecule has 36 heavy (non-hydrogen) atoms. The van der Waals surface area contributed by atoms with Crippen molar-refractivity contribution in [2.75, 3.05) is 6.54 Å². The van der Waals surface area contributed by atoms with E-state index in [4.69, 9.17) is 11.6 Å². The van der Waals surface area contributed by atoms with Crippen LogP contribution in [0.25, 0.3) is 11.3 Å². The summed E-state index contributed by atoms with van der Waals surface area (Å²) >= 11 is 7.38. The van der Waals surface area contributed by atoms with Gasteiger partial charge in [-0.1, -0.05) is 29.8 Å². The number of carbonyl (C=O) groups excluding carboxylic acids is 1. The normalized spacial score (nSPS) is 12.9. The van der Waals surface area contributed by atoms with E-state index in [0.29, 0.717) is 15.6 Å². The molecule has 0 aliphatic heterocycles. The Bertz CT molecular complexity index is 1250. The van der Waals surface area contributed by atoms with Crippen LogP contribution in [0.1, 0.15) is 41.6 Å². The van der Waals surface area contributed by atoms with Crippen molar-refractivity contribution in [1.82, 2.24) is 20.0 Å². The molecule has 0 fully saturated rings. The number of amides is 2. The van der Waals surface area contributed by atoms with Crippen molar-refractivity contribution in [2.24, 2.45) is 7.05 Å². The van der Waals surface area contributed by atoms with Gasteiger partial charge in [0, 0.05) is 30.9 Å². The predicted octanol–water partition coefficient (Wildman–Crippen LogP) is 5.94. The first-order valence-electron chi connectivity index (χ1n) is 10.9. The average molecular weight is 543 g/mol. The number of thiophene rings is 1. The zero-order valence-corrected chi connectivity index (χ0v) is 21.6. The fourth-order valence-corrected chi connectivity index (χ4v) is 5.01. The lowest BCUT2D eigenvalue weighted by molar-refractivity contribution is -0.138. The van der Waals surface area contributed by atoms with Gasteiger partial charge < -0.3 is 15.3 Å². The third-order valence-electron chi connectivity index (χ3n) is 5.58. The highest BCUT2D eigenvalue weighted by molar-refractivity contribution is 7.18. The first kappa shape index (κ1) is 27.5. The number of hydrogen-bond acceptors (Lipinski definition) is 4. The topological polar surface area (TPSA) is 87.5 Å². The lowest BCUT2D eigenvalue weighted by Crippen LogP contribution is -2.53. The molecule has 3 rings (SSSR count). The largest absolute Gasteiger partial charge is 0.465 e. The van der Waals surface area contributed by atoms with Gasteiger partial charge in [0.2, 0.25) is 0 Å². The third kappa shape index (κ3) is 6.38. The van der Waals surface area contributed by atoms with Crippen LogP contribution in [0.4, 0.5) is 18.0 Å². The number of carboxylic acid groups (broad SMARTS) is 1. The van der Waals surface area contributed by atoms with Crippen molar-refractivity contribution >= 4 is 34.9 Å². The molecule has 2 aromatic heterocycles. The van der Waals surface area contributed by atoms with Crippen LogP contribution < -0.4 is 5.32 Å². The molecular formula is C24H26ClF3N4O3S. The van der Waals surface area contributed by atoms with Crippen molar-refractivity contribution in [1.29, 1.82) is 0 Å². The van der Waals surface area contributed by atoms with Gasteiger partial charge in [-0.15, -0.1) is 11.3 Å². The second kappa shape index (κ2) is 10.5. The summed E-state index contributed by atoms with van der Waals surface area (Å²) in [6.07, 6.45) is -4.48. The SMILES string of the molecule is Cn1nccc1-c1cc(C(=O)N[C@H](Cc2ccccc2C(F)(F)F)CN(C(=O)O)C(C)(C)C)sc1Cl. The highest BCUT2D eigenvalue weighted by Crippen LogP contribution is 2.36. The molecule has 1 aromatic carbocycles. The van der Waals surface area contributed by atoms with Crippen molar-refractivity contribution < 1.29 is 27.9 Å². The number of aryl methyl sites for hydroxylation is 1. The number of aromatic nitrogens is 2. The van der Waals surface area contributed by atoms with Gasteiger partial charge in [0.1, 0.15) is 4.34 Å². The van der Waals surface area contributed by atoms with Crippen molar-refractivity contribution in [3.63, 3.8) is 0 Å². The number of nitrogens with zero attached hydrogens (tertiary/aromatic N) is 3. The minimum atomic E-state index is -4.60. The van der Waals surface area contributed by atoms with E-state index in [1.807, 2.05) is 0 Å². The van der Waals surface area contributed by atoms with Gasteiger partial charge in [-0.2, -0.15) is 18.3 Å². The maximum atomic E-state index is 13.6. The summed E-state index contributed by atoms with van der Waals surface area (Å²) in [5, 5.41) is 16.6. The second-order valence-corrected chi connectivity index (χ2v) is 10.9. The molecule has 7 nitrogen and oxygen atoms in total. The fourth-order valence-electron chi connectivity index (χ4n) is 3.81. The molecule has 0 saturated heterocycles. The van der Waals surface area contributed by atoms with Gasteiger partial charge >= 0.3 is 12.3 Å². The Hall–Kier alpha value is -3.05. The highest BCUT2D eigenvalue weighted by atomic mass is 35.5. The Morgan fingerprint density at radius 1 is 1.22 bits per heavy atom. The molecule has 0 aliphatic rings. The van der Waals surface area contributed by atoms with Gasteiger partial charge in [0.15, 0.2) is 0 Å². The average Bonchev–Trinajstić information content (AvgIpc) is 3.35. The Kier molecular flexibility index (Phi) is 8.04. The van der Waals surface area contributed by atoms with Gasteiger partial charge in [0.05, 0.1) is 22.2 Å². The molecule has 3 aromatic rings. The quantitative estimate of drug-likeness (QED) is 0.387. The lowest BCUT2D eigenvalue weighted by atomic mass is 9.97. The predicted molar refractivity (Wildman–Crippen MR) is 132 cm³/mol. The van der Waals surface area contributed by atoms with Crippen LogP contribution in [0.15, 0.2) is 42.6 Å². The molecule has 0 saturated carbocycles. The summed E-state index contributed by atoms with van der Waals surface area (Å²) in [6, 6.07) is 7.42. The monoisotopic (exact) mass is 542 g/mol. The molecular weight excluding hydrogens is 517 g/mol. The fraction of sp³-hybridized carbons (Fsp3) is 0.375. The number of nitrogens with one attached hydrogen (secondary N) is 1. The number of benzene rings is 1. The number of hydrogen-bond donors (Lipinski definition) is 2. The Morgan fingerprint density at radius 3 is 2.44 bits per heavy atom. The van der Waals surface area contributed by atoms with E-state index in [1.54, 1.807) is 50.8 Å². The van der Waals surface area contributed by atoms with Crippen LogP contribution in [0, 0.1) is 0 Å². The summed E-state index contributed by atoms with van der Waals surface area (Å²) in [7, 11) is 1.73. The summed E-state index contributed by atoms with van der Waals surface area (Å²) < 4.78 is 42.8. The minimum Gasteiger partial charge on any atom is -0.465 e. The molecule has 0 spiro atoms. The zero-order chi connectivity index (χ0) is 26.8. The maximum Gasteiger partial charge on any atom is 0.416 e. The number of rotatable bonds is 7. The highest BCUT2D eigenvalue weighted by Gasteiger charge is 2.35. The summed E-state index contributed by atoms with van der Waals surface area (Å²) in [5.74, 6) is -0.566. The lowest BCUT2D eigenvalue weighted by Gasteiger charge is -2.36. The zero-order valence-electron chi connectivity index (χ0n) is 20.1. The first-order valence-corrected chi connectivity index (χ1v) is 12.1. The molecule has 12 heteroatoms. The van der Waals surface area contributed by atoms with E-state index in [1.165, 1.54) is 18.2 Å². The van der Waals surface area contributed by atoms with E-state index in [-0.39, 0.29) is 23.4 Å². The first-order chi connectivity index (χ1) is 16.7. The standard InChI is InChI=1S/C24H26ClF3N4O3S/c1-23(2,3)32(22(34)35)13-15(11-14-7-5-6-8-17(14)24(26,27)28)30-21(33)19-12-16(20(25)36-19)18-9-10-29-31(18)4/h5-10,12,15H,11,13H2,1-4H3,(H,30,33)(H,34,35)/t15-/m1/s1. The van der Waals surface area contributed by atoms with Crippen LogP contribution in [-0.4, -0.2) is 49.9 Å². The van der Waals surface area contributed by atoms with E-state index < -0.39 is 35.3 Å². The van der Waals surface area contributed by atoms with Crippen molar-refractivity contribution in [2.45, 2.75) is 44.9 Å². The maximum absolute atomic E-state index is 13.6. The molecule has 0 unspecified atom stereocenters. The number of halogens is 4. The summed E-state index contributed by atoms with van der Waals surface area (Å²) in [4.78, 5) is 26.4. The summed E-state index contributed by atoms with van der Waals surface area (Å²) in [5.41, 5.74) is -0.450. The van der Waals surface area contributed by atoms with E-state index in [9.17, 15) is 27.9 Å². The molecule has 1 atom stereocenters. The van der Waals surface area contributed by atoms with Gasteiger partial charge in [-0.25, -0.2) is 4.79 Å². The molecule has 0 aliphatic carbocycles. The minimum absolute atomic E-state index is 0.0469. The van der Waals surface area contributed by atoms with Crippen LogP contribution in [0.2, 0.25) is 4.34 Å². The Morgan fingerprint density at radius 2 is 1.89 bits per heavy atom. The molecule has 0 bridgehead atoms. The number of carbonyl (C=O) groups is 2. The van der Waals surface area contributed by atoms with Gasteiger partial charge in [-0.05, 0) is 51.0 Å². The second-order valence-electron chi connectivity index (χ2n) is 9.23. The summed E-state index contributed by atoms with van der Waals surface area (Å²) in [6.45, 7) is 4.79. The molecule has 2 N–H and O–H groups in total. The van der Waals surface area contributed by atoms with Gasteiger partial charge in [-0.3, -0.25) is 9.48 Å². The third-order valence-corrected chi connectivity index (χ3v) is 6.93. The van der Waals surface area contributed by atoms with E-state index in [2.05, 4.69) is 10.4 Å². The van der Waals surface area contributed by atoms with E-state index >= 15 is 0 Å². The van der Waals surface area contributed by atoms with Crippen LogP contribution in [-0.2, 0) is 19.6 Å². The van der Waals surface area contributed by atoms with Crippen molar-refractivity contribution in [3.05, 3.63) is 62.9 Å². The molecule has 2 heterocycles. The molecule has 2 amide bonds. The molecule has 0 radical (unpaired) electrons. The van der Waals surface area contributed by atoms with Gasteiger partial charge in [0.25, 0.3) is 5.91 Å². The Labute approximate surface area is 215 Å². The smallest absolute Gasteiger partial charge is 0.416 e. The van der Waals surface area contributed by atoms with Crippen LogP contribution in [0.5, 0.6) is 0 Å². The Balaban J connectivity index is 1.94. The van der Waals surface area contributed by atoms with Crippen molar-refractivity contribution in [3.8, 4) is 11.3 Å². The van der Waals surface area contributed by atoms with Crippen LogP contribution >= 0.6 is 22.9 Å².